The van der Waals surface area contributed by atoms with Crippen LogP contribution in [0, 0.1) is 5.92 Å². The summed E-state index contributed by atoms with van der Waals surface area (Å²) in [5.74, 6) is 7.45. The second-order valence-electron chi connectivity index (χ2n) is 8.85. The molecule has 1 saturated carbocycles. The van der Waals surface area contributed by atoms with Crippen molar-refractivity contribution in [2.24, 2.45) is 11.8 Å². The molecule has 0 radical (unpaired) electrons. The summed E-state index contributed by atoms with van der Waals surface area (Å²) < 4.78 is 12.3. The number of nitrogens with two attached hydrogens (primary N) is 1. The molecule has 2 unspecified atom stereocenters. The van der Waals surface area contributed by atoms with Gasteiger partial charge in [0, 0.05) is 26.1 Å². The summed E-state index contributed by atoms with van der Waals surface area (Å²) >= 11 is 0. The van der Waals surface area contributed by atoms with Gasteiger partial charge in [0.1, 0.15) is 17.5 Å². The van der Waals surface area contributed by atoms with E-state index >= 15 is 0 Å². The van der Waals surface area contributed by atoms with Gasteiger partial charge in [-0.1, -0.05) is 61.4 Å². The van der Waals surface area contributed by atoms with Crippen molar-refractivity contribution in [2.45, 2.75) is 57.3 Å². The molecule has 0 aromatic heterocycles. The average Bonchev–Trinajstić information content (AvgIpc) is 3.35. The number of benzene rings is 2. The first kappa shape index (κ1) is 22.3. The highest BCUT2D eigenvalue weighted by Gasteiger charge is 2.50. The maximum Gasteiger partial charge on any atom is 0.123 e. The fraction of sp³-hybridized carbons (Fsp3) is 0.538. The molecule has 0 bridgehead atoms. The summed E-state index contributed by atoms with van der Waals surface area (Å²) in [7, 11) is 0. The maximum atomic E-state index is 6.40. The Labute approximate surface area is 186 Å². The maximum absolute atomic E-state index is 6.40. The molecule has 4 rings (SSSR count). The minimum Gasteiger partial charge on any atom is -0.494 e. The van der Waals surface area contributed by atoms with Gasteiger partial charge in [-0.3, -0.25) is 9.74 Å². The van der Waals surface area contributed by atoms with Gasteiger partial charge in [-0.2, -0.15) is 0 Å². The van der Waals surface area contributed by atoms with Crippen molar-refractivity contribution < 1.29 is 14.3 Å². The highest BCUT2D eigenvalue weighted by molar-refractivity contribution is 5.35. The number of hydrogen-bond donors (Lipinski definition) is 1. The van der Waals surface area contributed by atoms with Crippen LogP contribution in [-0.4, -0.2) is 42.9 Å². The minimum absolute atomic E-state index is 0.0762. The van der Waals surface area contributed by atoms with Crippen LogP contribution >= 0.6 is 0 Å². The zero-order valence-electron chi connectivity index (χ0n) is 18.7. The Morgan fingerprint density at radius 3 is 2.55 bits per heavy atom. The first-order valence-corrected chi connectivity index (χ1v) is 11.7. The van der Waals surface area contributed by atoms with Gasteiger partial charge in [-0.05, 0) is 42.9 Å². The minimum atomic E-state index is -0.556. The van der Waals surface area contributed by atoms with Crippen molar-refractivity contribution in [1.29, 1.82) is 0 Å². The summed E-state index contributed by atoms with van der Waals surface area (Å²) in [6.07, 6.45) is 5.34. The molecule has 2 atom stereocenters. The van der Waals surface area contributed by atoms with E-state index in [0.29, 0.717) is 25.6 Å². The first-order chi connectivity index (χ1) is 15.2. The topological polar surface area (TPSA) is 57.0 Å². The molecule has 1 aliphatic heterocycles. The lowest BCUT2D eigenvalue weighted by Crippen LogP contribution is -2.60. The number of ether oxygens (including phenoxy) is 2. The molecule has 2 aromatic carbocycles. The molecule has 0 spiro atoms. The van der Waals surface area contributed by atoms with E-state index in [1.54, 1.807) is 0 Å². The van der Waals surface area contributed by atoms with E-state index in [1.807, 2.05) is 19.1 Å². The van der Waals surface area contributed by atoms with E-state index in [2.05, 4.69) is 47.4 Å². The van der Waals surface area contributed by atoms with Gasteiger partial charge in [0.05, 0.1) is 13.2 Å². The second kappa shape index (κ2) is 10.6. The largest absolute Gasteiger partial charge is 0.494 e. The molecule has 168 valence electrons. The predicted molar refractivity (Wildman–Crippen MR) is 123 cm³/mol. The number of para-hydroxylation sites is 1. The van der Waals surface area contributed by atoms with Crippen molar-refractivity contribution in [1.82, 2.24) is 4.90 Å². The quantitative estimate of drug-likeness (QED) is 0.607. The van der Waals surface area contributed by atoms with E-state index in [9.17, 15) is 0 Å². The Hall–Kier alpha value is -1.92. The lowest BCUT2D eigenvalue weighted by molar-refractivity contribution is -0.199. The Morgan fingerprint density at radius 2 is 1.81 bits per heavy atom. The summed E-state index contributed by atoms with van der Waals surface area (Å²) in [6, 6.07) is 18.9. The number of nitrogens with zero attached hydrogens (tertiary/aromatic N) is 1. The molecule has 2 aliphatic rings. The fourth-order valence-corrected chi connectivity index (χ4v) is 5.38. The van der Waals surface area contributed by atoms with E-state index in [4.69, 9.17) is 20.2 Å². The van der Waals surface area contributed by atoms with Crippen LogP contribution in [0.2, 0.25) is 0 Å². The third kappa shape index (κ3) is 5.12. The van der Waals surface area contributed by atoms with Gasteiger partial charge in [0.15, 0.2) is 0 Å². The highest BCUT2D eigenvalue weighted by Crippen LogP contribution is 2.43. The summed E-state index contributed by atoms with van der Waals surface area (Å²) in [4.78, 5) is 8.46. The van der Waals surface area contributed by atoms with Crippen molar-refractivity contribution >= 4 is 0 Å². The fourth-order valence-electron chi connectivity index (χ4n) is 5.38. The number of morpholine rings is 1. The number of hydrogen-bond acceptors (Lipinski definition) is 5. The average molecular weight is 425 g/mol. The van der Waals surface area contributed by atoms with Crippen LogP contribution < -0.4 is 10.6 Å². The standard InChI is InChI=1S/C26H36N2O3/c1-2-29-24-15-9-6-12-22(24)18-26(31-27,23-13-7-8-14-23)25-20-28(16-17-30-25)19-21-10-4-3-5-11-21/h3-6,9-12,15,23,25H,2,7-8,13-14,16-20,27H2,1H3. The lowest BCUT2D eigenvalue weighted by atomic mass is 9.76. The van der Waals surface area contributed by atoms with Crippen LogP contribution in [0.5, 0.6) is 5.75 Å². The summed E-state index contributed by atoms with van der Waals surface area (Å²) in [6.45, 7) is 6.02. The zero-order chi connectivity index (χ0) is 21.5. The second-order valence-corrected chi connectivity index (χ2v) is 8.85. The molecule has 0 amide bonds. The van der Waals surface area contributed by atoms with Crippen LogP contribution in [0.25, 0.3) is 0 Å². The van der Waals surface area contributed by atoms with Crippen molar-refractivity contribution in [3.63, 3.8) is 0 Å². The van der Waals surface area contributed by atoms with Crippen LogP contribution in [-0.2, 0) is 22.5 Å². The number of rotatable bonds is 9. The van der Waals surface area contributed by atoms with Gasteiger partial charge in [-0.15, -0.1) is 0 Å². The summed E-state index contributed by atoms with van der Waals surface area (Å²) in [5, 5.41) is 0. The first-order valence-electron chi connectivity index (χ1n) is 11.7. The predicted octanol–water partition coefficient (Wildman–Crippen LogP) is 4.35. The van der Waals surface area contributed by atoms with Crippen LogP contribution in [0.15, 0.2) is 54.6 Å². The van der Waals surface area contributed by atoms with Crippen LogP contribution in [0.1, 0.15) is 43.7 Å². The Morgan fingerprint density at radius 1 is 1.06 bits per heavy atom. The molecule has 5 nitrogen and oxygen atoms in total. The van der Waals surface area contributed by atoms with Crippen molar-refractivity contribution in [2.75, 3.05) is 26.3 Å². The molecule has 31 heavy (non-hydrogen) atoms. The molecular weight excluding hydrogens is 388 g/mol. The lowest BCUT2D eigenvalue weighted by Gasteiger charge is -2.47. The van der Waals surface area contributed by atoms with Gasteiger partial charge in [0.2, 0.25) is 0 Å². The van der Waals surface area contributed by atoms with Gasteiger partial charge in [0.25, 0.3) is 0 Å². The third-order valence-electron chi connectivity index (χ3n) is 6.95. The molecule has 2 N–H and O–H groups in total. The molecule has 2 fully saturated rings. The molecule has 2 aromatic rings. The van der Waals surface area contributed by atoms with Gasteiger partial charge < -0.3 is 9.47 Å². The van der Waals surface area contributed by atoms with Crippen molar-refractivity contribution in [3.8, 4) is 5.75 Å². The Balaban J connectivity index is 1.60. The van der Waals surface area contributed by atoms with E-state index < -0.39 is 5.60 Å². The van der Waals surface area contributed by atoms with Crippen LogP contribution in [0.4, 0.5) is 0 Å². The van der Waals surface area contributed by atoms with Gasteiger partial charge >= 0.3 is 0 Å². The zero-order valence-corrected chi connectivity index (χ0v) is 18.7. The monoisotopic (exact) mass is 424 g/mol. The van der Waals surface area contributed by atoms with E-state index in [1.165, 1.54) is 18.4 Å². The Bertz CT molecular complexity index is 809. The smallest absolute Gasteiger partial charge is 0.123 e. The Kier molecular flexibility index (Phi) is 7.62. The third-order valence-corrected chi connectivity index (χ3v) is 6.95. The van der Waals surface area contributed by atoms with E-state index in [-0.39, 0.29) is 6.10 Å². The normalized spacial score (nSPS) is 22.3. The molecular formula is C26H36N2O3. The molecule has 1 heterocycles. The van der Waals surface area contributed by atoms with E-state index in [0.717, 1.165) is 43.8 Å². The van der Waals surface area contributed by atoms with Gasteiger partial charge in [-0.25, -0.2) is 5.90 Å². The highest BCUT2D eigenvalue weighted by atomic mass is 16.7. The molecule has 1 aliphatic carbocycles. The summed E-state index contributed by atoms with van der Waals surface area (Å²) in [5.41, 5.74) is 1.91. The molecule has 5 heteroatoms. The SMILES string of the molecule is CCOc1ccccc1CC(ON)(C1CCCC1)C1CN(Cc2ccccc2)CCO1. The van der Waals surface area contributed by atoms with Crippen molar-refractivity contribution in [3.05, 3.63) is 65.7 Å². The molecule has 1 saturated heterocycles. The van der Waals surface area contributed by atoms with Crippen LogP contribution in [0.3, 0.4) is 0 Å².